The number of Topliss-reactive ketones (excluding diaryl/α,β-unsaturated/α-hetero) is 1. The summed E-state index contributed by atoms with van der Waals surface area (Å²) in [5, 5.41) is 0. The zero-order valence-electron chi connectivity index (χ0n) is 8.08. The van der Waals surface area contributed by atoms with Gasteiger partial charge in [0.15, 0.2) is 5.78 Å². The fourth-order valence-electron chi connectivity index (χ4n) is 1.16. The molecule has 70 valence electrons. The van der Waals surface area contributed by atoms with Crippen LogP contribution in [0, 0.1) is 5.92 Å². The molecule has 0 radical (unpaired) electrons. The third kappa shape index (κ3) is 2.31. The maximum absolute atomic E-state index is 11.7. The minimum absolute atomic E-state index is 0.0850. The van der Waals surface area contributed by atoms with Gasteiger partial charge in [0, 0.05) is 17.2 Å². The fraction of sp³-hybridized carbons (Fsp3) is 0.364. The third-order valence-electron chi connectivity index (χ3n) is 2.23. The van der Waals surface area contributed by atoms with E-state index in [1.54, 1.807) is 12.1 Å². The average molecular weight is 177 g/mol. The lowest BCUT2D eigenvalue weighted by atomic mass is 9.97. The summed E-state index contributed by atoms with van der Waals surface area (Å²) in [6.07, 6.45) is 0.869. The summed E-state index contributed by atoms with van der Waals surface area (Å²) in [4.78, 5) is 11.7. The second-order valence-electron chi connectivity index (χ2n) is 3.30. The number of hydrogen-bond donors (Lipinski definition) is 1. The second kappa shape index (κ2) is 4.08. The normalized spacial score (nSPS) is 12.5. The van der Waals surface area contributed by atoms with Gasteiger partial charge in [0.05, 0.1) is 0 Å². The van der Waals surface area contributed by atoms with Crippen molar-refractivity contribution in [3.05, 3.63) is 29.8 Å². The van der Waals surface area contributed by atoms with Crippen molar-refractivity contribution in [3.63, 3.8) is 0 Å². The zero-order valence-corrected chi connectivity index (χ0v) is 8.08. The minimum Gasteiger partial charge on any atom is -0.399 e. The Labute approximate surface area is 78.8 Å². The molecule has 1 atom stereocenters. The molecule has 2 heteroatoms. The Morgan fingerprint density at radius 2 is 2.23 bits per heavy atom. The fourth-order valence-corrected chi connectivity index (χ4v) is 1.16. The average Bonchev–Trinajstić information content (AvgIpc) is 2.15. The smallest absolute Gasteiger partial charge is 0.165 e. The number of nitrogen functional groups attached to an aromatic ring is 1. The molecule has 0 aliphatic rings. The predicted octanol–water partition coefficient (Wildman–Crippen LogP) is 2.50. The van der Waals surface area contributed by atoms with Gasteiger partial charge in [-0.1, -0.05) is 26.0 Å². The Bertz CT molecular complexity index is 307. The molecule has 0 spiro atoms. The van der Waals surface area contributed by atoms with Crippen molar-refractivity contribution in [3.8, 4) is 0 Å². The number of anilines is 1. The van der Waals surface area contributed by atoms with E-state index in [2.05, 4.69) is 0 Å². The van der Waals surface area contributed by atoms with Crippen LogP contribution in [0.25, 0.3) is 0 Å². The number of carbonyl (C=O) groups is 1. The van der Waals surface area contributed by atoms with Gasteiger partial charge >= 0.3 is 0 Å². The molecule has 1 aromatic rings. The van der Waals surface area contributed by atoms with Crippen molar-refractivity contribution in [2.45, 2.75) is 20.3 Å². The molecule has 0 amide bonds. The number of hydrogen-bond acceptors (Lipinski definition) is 2. The van der Waals surface area contributed by atoms with Gasteiger partial charge in [-0.25, -0.2) is 0 Å². The van der Waals surface area contributed by atoms with Crippen molar-refractivity contribution in [2.24, 2.45) is 5.92 Å². The molecular formula is C11H15NO. The molecule has 13 heavy (non-hydrogen) atoms. The van der Waals surface area contributed by atoms with Crippen molar-refractivity contribution >= 4 is 11.5 Å². The quantitative estimate of drug-likeness (QED) is 0.569. The van der Waals surface area contributed by atoms with E-state index in [9.17, 15) is 4.79 Å². The summed E-state index contributed by atoms with van der Waals surface area (Å²) in [7, 11) is 0. The maximum atomic E-state index is 11.7. The molecule has 2 N–H and O–H groups in total. The Hall–Kier alpha value is -1.31. The first-order valence-electron chi connectivity index (χ1n) is 4.55. The van der Waals surface area contributed by atoms with E-state index >= 15 is 0 Å². The van der Waals surface area contributed by atoms with Crippen LogP contribution in [0.15, 0.2) is 24.3 Å². The van der Waals surface area contributed by atoms with Crippen LogP contribution in [0.2, 0.25) is 0 Å². The summed E-state index contributed by atoms with van der Waals surface area (Å²) >= 11 is 0. The van der Waals surface area contributed by atoms with Gasteiger partial charge in [-0.3, -0.25) is 4.79 Å². The van der Waals surface area contributed by atoms with E-state index in [1.807, 2.05) is 26.0 Å². The van der Waals surface area contributed by atoms with Crippen molar-refractivity contribution in [1.82, 2.24) is 0 Å². The van der Waals surface area contributed by atoms with Crippen LogP contribution in [0.1, 0.15) is 30.6 Å². The van der Waals surface area contributed by atoms with E-state index in [1.165, 1.54) is 0 Å². The highest BCUT2D eigenvalue weighted by molar-refractivity contribution is 5.98. The first-order valence-corrected chi connectivity index (χ1v) is 4.55. The molecule has 1 aromatic carbocycles. The molecule has 0 saturated heterocycles. The van der Waals surface area contributed by atoms with Crippen LogP contribution in [0.3, 0.4) is 0 Å². The first-order chi connectivity index (χ1) is 6.15. The summed E-state index contributed by atoms with van der Waals surface area (Å²) in [5.41, 5.74) is 6.95. The number of rotatable bonds is 3. The second-order valence-corrected chi connectivity index (χ2v) is 3.30. The lowest BCUT2D eigenvalue weighted by Crippen LogP contribution is -2.10. The Morgan fingerprint density at radius 3 is 2.77 bits per heavy atom. The number of nitrogens with two attached hydrogens (primary N) is 1. The van der Waals surface area contributed by atoms with Gasteiger partial charge in [0.25, 0.3) is 0 Å². The van der Waals surface area contributed by atoms with E-state index < -0.39 is 0 Å². The molecule has 0 saturated carbocycles. The number of benzene rings is 1. The molecule has 0 heterocycles. The zero-order chi connectivity index (χ0) is 9.84. The van der Waals surface area contributed by atoms with Gasteiger partial charge < -0.3 is 5.73 Å². The SMILES string of the molecule is CCC(C)C(=O)c1cccc(N)c1. The van der Waals surface area contributed by atoms with Gasteiger partial charge in [-0.05, 0) is 18.6 Å². The van der Waals surface area contributed by atoms with Gasteiger partial charge in [-0.2, -0.15) is 0 Å². The molecule has 0 fully saturated rings. The summed E-state index contributed by atoms with van der Waals surface area (Å²) in [6.45, 7) is 3.94. The van der Waals surface area contributed by atoms with E-state index in [-0.39, 0.29) is 11.7 Å². The first kappa shape index (κ1) is 9.78. The van der Waals surface area contributed by atoms with Crippen molar-refractivity contribution < 1.29 is 4.79 Å². The molecule has 0 aliphatic heterocycles. The van der Waals surface area contributed by atoms with E-state index in [0.29, 0.717) is 11.3 Å². The summed E-state index contributed by atoms with van der Waals surface area (Å²) in [5.74, 6) is 0.261. The third-order valence-corrected chi connectivity index (χ3v) is 2.23. The molecule has 1 rings (SSSR count). The predicted molar refractivity (Wildman–Crippen MR) is 54.6 cm³/mol. The molecule has 0 aromatic heterocycles. The minimum atomic E-state index is 0.0850. The Kier molecular flexibility index (Phi) is 3.07. The van der Waals surface area contributed by atoms with Crippen LogP contribution in [-0.4, -0.2) is 5.78 Å². The standard InChI is InChI=1S/C11H15NO/c1-3-8(2)11(13)9-5-4-6-10(12)7-9/h4-8H,3,12H2,1-2H3. The molecular weight excluding hydrogens is 162 g/mol. The topological polar surface area (TPSA) is 43.1 Å². The summed E-state index contributed by atoms with van der Waals surface area (Å²) < 4.78 is 0. The van der Waals surface area contributed by atoms with Gasteiger partial charge in [-0.15, -0.1) is 0 Å². The number of carbonyl (C=O) groups excluding carboxylic acids is 1. The van der Waals surface area contributed by atoms with Crippen molar-refractivity contribution in [1.29, 1.82) is 0 Å². The molecule has 2 nitrogen and oxygen atoms in total. The van der Waals surface area contributed by atoms with Gasteiger partial charge in [0.1, 0.15) is 0 Å². The highest BCUT2D eigenvalue weighted by Gasteiger charge is 2.12. The Morgan fingerprint density at radius 1 is 1.54 bits per heavy atom. The largest absolute Gasteiger partial charge is 0.399 e. The van der Waals surface area contributed by atoms with Gasteiger partial charge in [0.2, 0.25) is 0 Å². The van der Waals surface area contributed by atoms with E-state index in [0.717, 1.165) is 6.42 Å². The highest BCUT2D eigenvalue weighted by atomic mass is 16.1. The highest BCUT2D eigenvalue weighted by Crippen LogP contribution is 2.13. The lowest BCUT2D eigenvalue weighted by molar-refractivity contribution is 0.0927. The molecule has 0 bridgehead atoms. The lowest BCUT2D eigenvalue weighted by Gasteiger charge is -2.07. The summed E-state index contributed by atoms with van der Waals surface area (Å²) in [6, 6.07) is 7.14. The maximum Gasteiger partial charge on any atom is 0.165 e. The van der Waals surface area contributed by atoms with Crippen LogP contribution in [0.5, 0.6) is 0 Å². The monoisotopic (exact) mass is 177 g/mol. The Balaban J connectivity index is 2.89. The molecule has 0 aliphatic carbocycles. The van der Waals surface area contributed by atoms with Crippen LogP contribution < -0.4 is 5.73 Å². The van der Waals surface area contributed by atoms with Crippen LogP contribution >= 0.6 is 0 Å². The van der Waals surface area contributed by atoms with E-state index in [4.69, 9.17) is 5.73 Å². The number of ketones is 1. The molecule has 1 unspecified atom stereocenters. The van der Waals surface area contributed by atoms with Crippen molar-refractivity contribution in [2.75, 3.05) is 5.73 Å². The van der Waals surface area contributed by atoms with Crippen LogP contribution in [0.4, 0.5) is 5.69 Å². The van der Waals surface area contributed by atoms with Crippen LogP contribution in [-0.2, 0) is 0 Å².